The number of unbranched alkanes of at least 4 members (excludes halogenated alkanes) is 1. The first-order valence-electron chi connectivity index (χ1n) is 4.21. The molecule has 3 nitrogen and oxygen atoms in total. The smallest absolute Gasteiger partial charge is 0.102 e. The Bertz CT molecular complexity index is 111. The Hall–Kier alpha value is -0.120. The molecule has 3 heteroatoms. The average molecular weight is 158 g/mol. The fourth-order valence-corrected chi connectivity index (χ4v) is 1.30. The van der Waals surface area contributed by atoms with Crippen LogP contribution >= 0.6 is 0 Å². The number of hydroxylamine groups is 3. The zero-order chi connectivity index (χ0) is 8.16. The highest BCUT2D eigenvalue weighted by molar-refractivity contribution is 4.51. The van der Waals surface area contributed by atoms with Crippen molar-refractivity contribution in [1.82, 2.24) is 0 Å². The van der Waals surface area contributed by atoms with Crippen molar-refractivity contribution in [3.8, 4) is 0 Å². The topological polar surface area (TPSA) is 32.3 Å². The number of nitrogens with zero attached hydrogens (tertiary/aromatic N) is 1. The minimum atomic E-state index is -0.0600. The quantitative estimate of drug-likeness (QED) is 0.452. The molecule has 1 radical (unpaired) electrons. The van der Waals surface area contributed by atoms with Crippen molar-refractivity contribution in [2.24, 2.45) is 0 Å². The van der Waals surface area contributed by atoms with E-state index in [0.717, 1.165) is 12.8 Å². The van der Waals surface area contributed by atoms with E-state index in [9.17, 15) is 5.21 Å². The molecule has 0 aliphatic carbocycles. The molecule has 0 spiro atoms. The second kappa shape index (κ2) is 4.04. The summed E-state index contributed by atoms with van der Waals surface area (Å²) < 4.78 is 5.05. The van der Waals surface area contributed by atoms with Crippen molar-refractivity contribution in [2.75, 3.05) is 32.8 Å². The number of hydrogen-bond acceptors (Lipinski definition) is 2. The van der Waals surface area contributed by atoms with E-state index in [1.807, 2.05) is 0 Å². The molecular formula is C8H16NO2. The van der Waals surface area contributed by atoms with Crippen molar-refractivity contribution >= 4 is 0 Å². The highest BCUT2D eigenvalue weighted by Gasteiger charge is 2.19. The number of hydrogen-bond donors (Lipinski definition) is 0. The summed E-state index contributed by atoms with van der Waals surface area (Å²) in [6, 6.07) is 0. The summed E-state index contributed by atoms with van der Waals surface area (Å²) in [7, 11) is 0. The van der Waals surface area contributed by atoms with Gasteiger partial charge in [-0.2, -0.15) is 0 Å². The van der Waals surface area contributed by atoms with E-state index < -0.39 is 0 Å². The summed E-state index contributed by atoms with van der Waals surface area (Å²) in [5.41, 5.74) is 0. The maximum Gasteiger partial charge on any atom is 0.102 e. The Balaban J connectivity index is 2.25. The Morgan fingerprint density at radius 3 is 2.55 bits per heavy atom. The molecule has 1 heterocycles. The molecule has 1 saturated heterocycles. The van der Waals surface area contributed by atoms with E-state index in [2.05, 4.69) is 6.92 Å². The van der Waals surface area contributed by atoms with Crippen molar-refractivity contribution in [3.63, 3.8) is 0 Å². The van der Waals surface area contributed by atoms with Gasteiger partial charge in [0.2, 0.25) is 0 Å². The minimum absolute atomic E-state index is 0.0600. The number of rotatable bonds is 3. The van der Waals surface area contributed by atoms with E-state index in [1.165, 1.54) is 0 Å². The Kier molecular flexibility index (Phi) is 3.30. The van der Waals surface area contributed by atoms with Crippen molar-refractivity contribution in [3.05, 3.63) is 12.1 Å². The lowest BCUT2D eigenvalue weighted by Gasteiger charge is -2.45. The monoisotopic (exact) mass is 158 g/mol. The van der Waals surface area contributed by atoms with Crippen LogP contribution < -0.4 is 0 Å². The molecule has 0 atom stereocenters. The third-order valence-electron chi connectivity index (χ3n) is 2.10. The van der Waals surface area contributed by atoms with Gasteiger partial charge in [-0.1, -0.05) is 6.92 Å². The summed E-state index contributed by atoms with van der Waals surface area (Å²) in [6.07, 6.45) is 1.80. The van der Waals surface area contributed by atoms with Gasteiger partial charge in [-0.3, -0.25) is 0 Å². The van der Waals surface area contributed by atoms with E-state index in [-0.39, 0.29) is 4.65 Å². The molecule has 1 rings (SSSR count). The molecule has 0 saturated carbocycles. The molecule has 0 amide bonds. The molecule has 0 bridgehead atoms. The molecule has 1 aliphatic rings. The Morgan fingerprint density at radius 1 is 1.36 bits per heavy atom. The molecule has 1 fully saturated rings. The van der Waals surface area contributed by atoms with Crippen LogP contribution in [0.15, 0.2) is 0 Å². The summed E-state index contributed by atoms with van der Waals surface area (Å²) in [4.78, 5) is 0. The van der Waals surface area contributed by atoms with Gasteiger partial charge in [0.15, 0.2) is 0 Å². The minimum Gasteiger partial charge on any atom is -0.633 e. The highest BCUT2D eigenvalue weighted by Crippen LogP contribution is 2.10. The van der Waals surface area contributed by atoms with Crippen LogP contribution in [0.2, 0.25) is 0 Å². The molecule has 0 N–H and O–H groups in total. The zero-order valence-electron chi connectivity index (χ0n) is 6.92. The average Bonchev–Trinajstić information content (AvgIpc) is 2.03. The molecular weight excluding hydrogens is 142 g/mol. The van der Waals surface area contributed by atoms with Gasteiger partial charge in [-0.15, -0.1) is 0 Å². The first kappa shape index (κ1) is 8.97. The van der Waals surface area contributed by atoms with Gasteiger partial charge < -0.3 is 14.6 Å². The van der Waals surface area contributed by atoms with Crippen LogP contribution in [0.1, 0.15) is 12.8 Å². The van der Waals surface area contributed by atoms with Gasteiger partial charge >= 0.3 is 0 Å². The number of quaternary nitrogens is 1. The van der Waals surface area contributed by atoms with E-state index in [0.29, 0.717) is 32.8 Å². The van der Waals surface area contributed by atoms with Crippen molar-refractivity contribution < 1.29 is 9.38 Å². The maximum absolute atomic E-state index is 11.7. The molecule has 11 heavy (non-hydrogen) atoms. The third-order valence-corrected chi connectivity index (χ3v) is 2.10. The SMILES string of the molecule is [CH2]CCC[N+]1([O-])CCOCC1. The van der Waals surface area contributed by atoms with Crippen LogP contribution in [-0.2, 0) is 4.74 Å². The van der Waals surface area contributed by atoms with Crippen molar-refractivity contribution in [2.45, 2.75) is 12.8 Å². The lowest BCUT2D eigenvalue weighted by molar-refractivity contribution is -0.888. The maximum atomic E-state index is 11.7. The molecule has 0 unspecified atom stereocenters. The van der Waals surface area contributed by atoms with E-state index in [1.54, 1.807) is 0 Å². The highest BCUT2D eigenvalue weighted by atomic mass is 16.6. The summed E-state index contributed by atoms with van der Waals surface area (Å²) in [5, 5.41) is 11.7. The predicted molar refractivity (Wildman–Crippen MR) is 43.6 cm³/mol. The van der Waals surface area contributed by atoms with Crippen LogP contribution in [0.4, 0.5) is 0 Å². The second-order valence-corrected chi connectivity index (χ2v) is 3.05. The second-order valence-electron chi connectivity index (χ2n) is 3.05. The van der Waals surface area contributed by atoms with Gasteiger partial charge in [-0.25, -0.2) is 0 Å². The molecule has 1 aliphatic heterocycles. The normalized spacial score (nSPS) is 23.5. The fourth-order valence-electron chi connectivity index (χ4n) is 1.30. The van der Waals surface area contributed by atoms with Crippen LogP contribution in [0.5, 0.6) is 0 Å². The first-order chi connectivity index (χ1) is 5.27. The first-order valence-corrected chi connectivity index (χ1v) is 4.21. The van der Waals surface area contributed by atoms with Crippen LogP contribution in [0, 0.1) is 12.1 Å². The molecule has 0 aromatic rings. The van der Waals surface area contributed by atoms with E-state index in [4.69, 9.17) is 4.74 Å². The van der Waals surface area contributed by atoms with Gasteiger partial charge in [0, 0.05) is 0 Å². The number of ether oxygens (including phenoxy) is 1. The Morgan fingerprint density at radius 2 is 2.00 bits per heavy atom. The predicted octanol–water partition coefficient (Wildman–Crippen LogP) is 0.945. The summed E-state index contributed by atoms with van der Waals surface area (Å²) in [6.45, 7) is 6.94. The number of morpholine rings is 1. The largest absolute Gasteiger partial charge is 0.633 e. The molecule has 65 valence electrons. The van der Waals surface area contributed by atoms with Gasteiger partial charge in [0.25, 0.3) is 0 Å². The molecule has 0 aromatic carbocycles. The fraction of sp³-hybridized carbons (Fsp3) is 0.875. The van der Waals surface area contributed by atoms with Gasteiger partial charge in [0.05, 0.1) is 19.8 Å². The molecule has 0 aromatic heterocycles. The van der Waals surface area contributed by atoms with E-state index >= 15 is 0 Å². The van der Waals surface area contributed by atoms with Crippen molar-refractivity contribution in [1.29, 1.82) is 0 Å². The third kappa shape index (κ3) is 2.77. The van der Waals surface area contributed by atoms with Gasteiger partial charge in [0.1, 0.15) is 13.1 Å². The van der Waals surface area contributed by atoms with Crippen LogP contribution in [0.25, 0.3) is 0 Å². The summed E-state index contributed by atoms with van der Waals surface area (Å²) in [5.74, 6) is 0. The Labute approximate surface area is 68.1 Å². The van der Waals surface area contributed by atoms with Crippen LogP contribution in [-0.4, -0.2) is 37.5 Å². The van der Waals surface area contributed by atoms with Crippen LogP contribution in [0.3, 0.4) is 0 Å². The van der Waals surface area contributed by atoms with Gasteiger partial charge in [-0.05, 0) is 12.8 Å². The standard InChI is InChI=1S/C8H16NO2/c1-2-3-4-9(10)5-7-11-8-6-9/h1-8H2. The lowest BCUT2D eigenvalue weighted by atomic mass is 10.3. The zero-order valence-corrected chi connectivity index (χ0v) is 6.92. The lowest BCUT2D eigenvalue weighted by Crippen LogP contribution is -2.50. The summed E-state index contributed by atoms with van der Waals surface area (Å²) >= 11 is 0.